The van der Waals surface area contributed by atoms with E-state index in [4.69, 9.17) is 10.1 Å². The highest BCUT2D eigenvalue weighted by atomic mass is 32.1. The number of benzene rings is 2. The van der Waals surface area contributed by atoms with Gasteiger partial charge in [-0.2, -0.15) is 0 Å². The Balaban J connectivity index is 1.97. The van der Waals surface area contributed by atoms with Crippen molar-refractivity contribution < 1.29 is 9.90 Å². The van der Waals surface area contributed by atoms with E-state index in [0.717, 1.165) is 26.0 Å². The highest BCUT2D eigenvalue weighted by Gasteiger charge is 2.22. The van der Waals surface area contributed by atoms with E-state index in [0.29, 0.717) is 11.6 Å². The Labute approximate surface area is 131 Å². The zero-order valence-electron chi connectivity index (χ0n) is 12.0. The third-order valence-corrected chi connectivity index (χ3v) is 5.60. The smallest absolute Gasteiger partial charge is 0.409 e. The minimum atomic E-state index is -1.03. The lowest BCUT2D eigenvalue weighted by Gasteiger charge is -2.05. The second-order valence-corrected chi connectivity index (χ2v) is 6.82. The number of hydrogen-bond donors (Lipinski definition) is 2. The molecule has 22 heavy (non-hydrogen) atoms. The summed E-state index contributed by atoms with van der Waals surface area (Å²) in [6.07, 6.45) is 3.88. The Bertz CT molecular complexity index is 866. The Morgan fingerprint density at radius 3 is 2.82 bits per heavy atom. The predicted molar refractivity (Wildman–Crippen MR) is 90.0 cm³/mol. The number of rotatable bonds is 2. The van der Waals surface area contributed by atoms with Gasteiger partial charge in [-0.25, -0.2) is 9.78 Å². The maximum Gasteiger partial charge on any atom is 0.409 e. The van der Waals surface area contributed by atoms with Crippen molar-refractivity contribution in [1.82, 2.24) is 4.98 Å². The first-order valence-electron chi connectivity index (χ1n) is 7.54. The molecule has 112 valence electrons. The Morgan fingerprint density at radius 2 is 2.05 bits per heavy atom. The lowest BCUT2D eigenvalue weighted by Crippen LogP contribution is -2.07. The molecular formula is C17H16N2O2S. The third-order valence-electron chi connectivity index (χ3n) is 4.35. The molecule has 1 aliphatic rings. The third kappa shape index (κ3) is 2.22. The highest BCUT2D eigenvalue weighted by molar-refractivity contribution is 7.19. The molecule has 0 aliphatic heterocycles. The number of thiazole rings is 1. The second kappa shape index (κ2) is 5.25. The molecule has 0 atom stereocenters. The summed E-state index contributed by atoms with van der Waals surface area (Å²) in [5.41, 5.74) is 1.57. The topological polar surface area (TPSA) is 62.2 Å². The zero-order chi connectivity index (χ0) is 15.1. The van der Waals surface area contributed by atoms with Crippen LogP contribution in [0, 0.1) is 0 Å². The van der Waals surface area contributed by atoms with Crippen molar-refractivity contribution >= 4 is 44.1 Å². The van der Waals surface area contributed by atoms with Crippen LogP contribution in [0.15, 0.2) is 30.3 Å². The van der Waals surface area contributed by atoms with Crippen LogP contribution in [0.25, 0.3) is 21.0 Å². The van der Waals surface area contributed by atoms with Gasteiger partial charge in [0.2, 0.25) is 0 Å². The van der Waals surface area contributed by atoms with E-state index in [9.17, 15) is 4.79 Å². The van der Waals surface area contributed by atoms with Crippen LogP contribution in [0.1, 0.15) is 36.6 Å². The minimum Gasteiger partial charge on any atom is -0.465 e. The summed E-state index contributed by atoms with van der Waals surface area (Å²) < 4.78 is 0.947. The van der Waals surface area contributed by atoms with Crippen molar-refractivity contribution in [3.05, 3.63) is 35.3 Å². The first-order valence-corrected chi connectivity index (χ1v) is 8.36. The molecule has 0 spiro atoms. The molecule has 0 radical (unpaired) electrons. The van der Waals surface area contributed by atoms with Gasteiger partial charge >= 0.3 is 6.09 Å². The van der Waals surface area contributed by atoms with Crippen molar-refractivity contribution in [2.45, 2.75) is 31.6 Å². The van der Waals surface area contributed by atoms with Gasteiger partial charge in [0.1, 0.15) is 0 Å². The molecule has 2 N–H and O–H groups in total. The lowest BCUT2D eigenvalue weighted by molar-refractivity contribution is 0.210. The number of amides is 1. The first-order chi connectivity index (χ1) is 10.7. The van der Waals surface area contributed by atoms with Crippen molar-refractivity contribution in [3.8, 4) is 0 Å². The lowest BCUT2D eigenvalue weighted by atomic mass is 10.1. The van der Waals surface area contributed by atoms with Gasteiger partial charge in [0.15, 0.2) is 0 Å². The summed E-state index contributed by atoms with van der Waals surface area (Å²) >= 11 is 1.64. The number of nitrogens with zero attached hydrogens (tertiary/aromatic N) is 1. The number of carbonyl (C=O) groups is 1. The fraction of sp³-hybridized carbons (Fsp3) is 0.294. The van der Waals surface area contributed by atoms with Gasteiger partial charge in [0.05, 0.1) is 20.9 Å². The van der Waals surface area contributed by atoms with E-state index < -0.39 is 6.09 Å². The highest BCUT2D eigenvalue weighted by Crippen LogP contribution is 2.42. The van der Waals surface area contributed by atoms with E-state index >= 15 is 0 Å². The van der Waals surface area contributed by atoms with Crippen LogP contribution in [-0.4, -0.2) is 16.2 Å². The van der Waals surface area contributed by atoms with Crippen LogP contribution in [0.5, 0.6) is 0 Å². The van der Waals surface area contributed by atoms with Crippen LogP contribution >= 0.6 is 11.3 Å². The average Bonchev–Trinajstić information content (AvgIpc) is 3.16. The average molecular weight is 312 g/mol. The summed E-state index contributed by atoms with van der Waals surface area (Å²) in [6.45, 7) is 0. The number of anilines is 1. The number of aromatic nitrogens is 1. The van der Waals surface area contributed by atoms with E-state index in [-0.39, 0.29) is 0 Å². The van der Waals surface area contributed by atoms with E-state index in [2.05, 4.69) is 11.4 Å². The van der Waals surface area contributed by atoms with E-state index in [1.54, 1.807) is 11.3 Å². The number of nitrogens with one attached hydrogen (secondary N) is 1. The van der Waals surface area contributed by atoms with Crippen molar-refractivity contribution in [1.29, 1.82) is 0 Å². The quantitative estimate of drug-likeness (QED) is 0.684. The molecular weight excluding hydrogens is 296 g/mol. The van der Waals surface area contributed by atoms with Gasteiger partial charge in [0, 0.05) is 11.3 Å². The molecule has 0 bridgehead atoms. The monoisotopic (exact) mass is 312 g/mol. The maximum atomic E-state index is 11.1. The molecule has 1 amide bonds. The molecule has 1 fully saturated rings. The molecule has 3 aromatic rings. The molecule has 4 nitrogen and oxygen atoms in total. The molecule has 0 unspecified atom stereocenters. The fourth-order valence-electron chi connectivity index (χ4n) is 3.32. The van der Waals surface area contributed by atoms with Gasteiger partial charge in [-0.05, 0) is 24.3 Å². The molecule has 1 aromatic heterocycles. The normalized spacial score (nSPS) is 15.6. The van der Waals surface area contributed by atoms with Crippen LogP contribution in [-0.2, 0) is 0 Å². The molecule has 4 rings (SSSR count). The molecule has 5 heteroatoms. The van der Waals surface area contributed by atoms with Gasteiger partial charge in [-0.15, -0.1) is 11.3 Å². The van der Waals surface area contributed by atoms with Crippen molar-refractivity contribution in [3.63, 3.8) is 0 Å². The SMILES string of the molecule is O=C(O)Nc1cc2ccccc2c2nc(C3CCCC3)sc12. The zero-order valence-corrected chi connectivity index (χ0v) is 12.8. The van der Waals surface area contributed by atoms with Crippen LogP contribution < -0.4 is 5.32 Å². The van der Waals surface area contributed by atoms with Gasteiger partial charge in [-0.3, -0.25) is 5.32 Å². The van der Waals surface area contributed by atoms with Gasteiger partial charge in [-0.1, -0.05) is 37.1 Å². The number of hydrogen-bond acceptors (Lipinski definition) is 3. The Kier molecular flexibility index (Phi) is 3.22. The van der Waals surface area contributed by atoms with E-state index in [1.165, 1.54) is 25.7 Å². The predicted octanol–water partition coefficient (Wildman–Crippen LogP) is 5.20. The molecule has 1 heterocycles. The maximum absolute atomic E-state index is 11.1. The molecule has 0 saturated heterocycles. The Hall–Kier alpha value is -2.14. The van der Waals surface area contributed by atoms with Crippen LogP contribution in [0.4, 0.5) is 10.5 Å². The fourth-order valence-corrected chi connectivity index (χ4v) is 4.54. The summed E-state index contributed by atoms with van der Waals surface area (Å²) in [5, 5.41) is 14.9. The van der Waals surface area contributed by atoms with Gasteiger partial charge < -0.3 is 5.11 Å². The van der Waals surface area contributed by atoms with Gasteiger partial charge in [0.25, 0.3) is 0 Å². The van der Waals surface area contributed by atoms with Crippen molar-refractivity contribution in [2.75, 3.05) is 5.32 Å². The van der Waals surface area contributed by atoms with Crippen molar-refractivity contribution in [2.24, 2.45) is 0 Å². The van der Waals surface area contributed by atoms with Crippen LogP contribution in [0.3, 0.4) is 0 Å². The number of fused-ring (bicyclic) bond motifs is 3. The molecule has 1 saturated carbocycles. The molecule has 1 aliphatic carbocycles. The number of carboxylic acid groups (broad SMARTS) is 1. The standard InChI is InChI=1S/C17H16N2O2S/c20-17(21)18-13-9-11-7-3-4-8-12(11)14-15(13)22-16(19-14)10-5-1-2-6-10/h3-4,7-10,18H,1-2,5-6H2,(H,20,21). The summed E-state index contributed by atoms with van der Waals surface area (Å²) in [6, 6.07) is 9.92. The second-order valence-electron chi connectivity index (χ2n) is 5.79. The molecule has 2 aromatic carbocycles. The minimum absolute atomic E-state index is 0.536. The van der Waals surface area contributed by atoms with Crippen LogP contribution in [0.2, 0.25) is 0 Å². The first kappa shape index (κ1) is 13.5. The summed E-state index contributed by atoms with van der Waals surface area (Å²) in [7, 11) is 0. The summed E-state index contributed by atoms with van der Waals surface area (Å²) in [4.78, 5) is 16.0. The van der Waals surface area contributed by atoms with E-state index in [1.807, 2.05) is 24.3 Å². The Morgan fingerprint density at radius 1 is 1.27 bits per heavy atom. The summed E-state index contributed by atoms with van der Waals surface area (Å²) in [5.74, 6) is 0.536. The largest absolute Gasteiger partial charge is 0.465 e.